The van der Waals surface area contributed by atoms with Crippen molar-refractivity contribution >= 4 is 13.6 Å². The SMILES string of the molecule is CCOP(=O)(OCC)OC(=C(F)F)c1ccccc1. The second kappa shape index (κ2) is 7.38. The van der Waals surface area contributed by atoms with Gasteiger partial charge in [0.2, 0.25) is 5.76 Å². The molecule has 0 spiro atoms. The second-order valence-corrected chi connectivity index (χ2v) is 4.92. The first kappa shape index (κ1) is 15.8. The minimum absolute atomic E-state index is 0.0211. The molecule has 0 bridgehead atoms. The highest BCUT2D eigenvalue weighted by Crippen LogP contribution is 2.53. The largest absolute Gasteiger partial charge is 0.530 e. The van der Waals surface area contributed by atoms with Gasteiger partial charge < -0.3 is 4.52 Å². The van der Waals surface area contributed by atoms with E-state index >= 15 is 0 Å². The molecule has 0 saturated carbocycles. The molecule has 0 fully saturated rings. The molecule has 19 heavy (non-hydrogen) atoms. The average molecular weight is 292 g/mol. The minimum Gasteiger partial charge on any atom is -0.398 e. The van der Waals surface area contributed by atoms with Gasteiger partial charge in [-0.3, -0.25) is 9.05 Å². The minimum atomic E-state index is -4.03. The zero-order valence-corrected chi connectivity index (χ0v) is 11.5. The lowest BCUT2D eigenvalue weighted by atomic mass is 10.2. The lowest BCUT2D eigenvalue weighted by molar-refractivity contribution is 0.156. The maximum Gasteiger partial charge on any atom is 0.530 e. The van der Waals surface area contributed by atoms with Crippen LogP contribution in [0, 0.1) is 0 Å². The molecule has 1 aromatic rings. The summed E-state index contributed by atoms with van der Waals surface area (Å²) < 4.78 is 52.3. The van der Waals surface area contributed by atoms with Crippen LogP contribution in [0.5, 0.6) is 0 Å². The third kappa shape index (κ3) is 4.74. The van der Waals surface area contributed by atoms with Crippen LogP contribution in [0.1, 0.15) is 19.4 Å². The van der Waals surface area contributed by atoms with E-state index in [2.05, 4.69) is 0 Å². The predicted octanol–water partition coefficient (Wildman–Crippen LogP) is 4.45. The normalized spacial score (nSPS) is 11.2. The Balaban J connectivity index is 3.03. The molecule has 7 heteroatoms. The Labute approximate surface area is 110 Å². The molecular weight excluding hydrogens is 277 g/mol. The number of halogens is 2. The van der Waals surface area contributed by atoms with Crippen molar-refractivity contribution in [2.24, 2.45) is 0 Å². The summed E-state index contributed by atoms with van der Waals surface area (Å²) in [5, 5.41) is 0. The molecule has 4 nitrogen and oxygen atoms in total. The first-order valence-corrected chi connectivity index (χ1v) is 7.18. The molecule has 0 aromatic heterocycles. The summed E-state index contributed by atoms with van der Waals surface area (Å²) in [7, 11) is -4.03. The van der Waals surface area contributed by atoms with Crippen LogP contribution in [0.4, 0.5) is 8.78 Å². The Bertz CT molecular complexity index is 462. The molecule has 0 heterocycles. The van der Waals surface area contributed by atoms with Gasteiger partial charge >= 0.3 is 13.9 Å². The molecule has 1 rings (SSSR count). The van der Waals surface area contributed by atoms with E-state index in [0.29, 0.717) is 0 Å². The summed E-state index contributed by atoms with van der Waals surface area (Å²) in [6.07, 6.45) is -2.09. The van der Waals surface area contributed by atoms with Gasteiger partial charge in [0.1, 0.15) is 0 Å². The first-order chi connectivity index (χ1) is 9.02. The summed E-state index contributed by atoms with van der Waals surface area (Å²) >= 11 is 0. The van der Waals surface area contributed by atoms with Crippen LogP contribution in [0.25, 0.3) is 5.76 Å². The number of benzene rings is 1. The molecule has 106 valence electrons. The molecule has 1 aromatic carbocycles. The van der Waals surface area contributed by atoms with Crippen molar-refractivity contribution < 1.29 is 26.9 Å². The van der Waals surface area contributed by atoms with Crippen LogP contribution in [0.3, 0.4) is 0 Å². The summed E-state index contributed by atoms with van der Waals surface area (Å²) in [5.74, 6) is -0.800. The van der Waals surface area contributed by atoms with E-state index in [1.165, 1.54) is 12.1 Å². The van der Waals surface area contributed by atoms with Gasteiger partial charge in [-0.1, -0.05) is 30.3 Å². The van der Waals surface area contributed by atoms with Gasteiger partial charge in [0.25, 0.3) is 0 Å². The Morgan fingerprint density at radius 2 is 1.63 bits per heavy atom. The Morgan fingerprint density at radius 1 is 1.11 bits per heavy atom. The van der Waals surface area contributed by atoms with Crippen LogP contribution < -0.4 is 0 Å². The number of phosphoric acid groups is 1. The third-order valence-corrected chi connectivity index (χ3v) is 3.54. The zero-order chi connectivity index (χ0) is 14.3. The Morgan fingerprint density at radius 3 is 2.05 bits per heavy atom. The van der Waals surface area contributed by atoms with Crippen LogP contribution in [0.2, 0.25) is 0 Å². The molecule has 0 amide bonds. The van der Waals surface area contributed by atoms with Gasteiger partial charge in [0.15, 0.2) is 0 Å². The van der Waals surface area contributed by atoms with Crippen molar-refractivity contribution in [3.05, 3.63) is 42.0 Å². The molecule has 0 aliphatic rings. The smallest absolute Gasteiger partial charge is 0.398 e. The Kier molecular flexibility index (Phi) is 6.15. The van der Waals surface area contributed by atoms with Gasteiger partial charge in [0.05, 0.1) is 13.2 Å². The van der Waals surface area contributed by atoms with E-state index in [9.17, 15) is 13.3 Å². The highest BCUT2D eigenvalue weighted by Gasteiger charge is 2.30. The van der Waals surface area contributed by atoms with E-state index in [4.69, 9.17) is 13.6 Å². The highest BCUT2D eigenvalue weighted by atomic mass is 31.2. The van der Waals surface area contributed by atoms with Gasteiger partial charge in [-0.25, -0.2) is 4.57 Å². The zero-order valence-electron chi connectivity index (χ0n) is 10.6. The monoisotopic (exact) mass is 292 g/mol. The van der Waals surface area contributed by atoms with Crippen molar-refractivity contribution in [1.82, 2.24) is 0 Å². The number of phosphoric ester groups is 1. The van der Waals surface area contributed by atoms with Crippen molar-refractivity contribution in [3.63, 3.8) is 0 Å². The third-order valence-electron chi connectivity index (χ3n) is 1.99. The molecule has 0 unspecified atom stereocenters. The maximum atomic E-state index is 12.9. The van der Waals surface area contributed by atoms with Crippen molar-refractivity contribution in [3.8, 4) is 0 Å². The van der Waals surface area contributed by atoms with E-state index in [1.807, 2.05) is 0 Å². The predicted molar refractivity (Wildman–Crippen MR) is 67.5 cm³/mol. The highest BCUT2D eigenvalue weighted by molar-refractivity contribution is 7.48. The lowest BCUT2D eigenvalue weighted by Crippen LogP contribution is -2.01. The lowest BCUT2D eigenvalue weighted by Gasteiger charge is -2.18. The number of hydrogen-bond acceptors (Lipinski definition) is 4. The summed E-state index contributed by atoms with van der Waals surface area (Å²) in [5.41, 5.74) is 0.0992. The van der Waals surface area contributed by atoms with Crippen molar-refractivity contribution in [2.75, 3.05) is 13.2 Å². The molecule has 0 N–H and O–H groups in total. The molecule has 0 radical (unpaired) electrons. The number of rotatable bonds is 7. The van der Waals surface area contributed by atoms with Crippen LogP contribution in [-0.2, 0) is 18.1 Å². The van der Waals surface area contributed by atoms with Crippen molar-refractivity contribution in [1.29, 1.82) is 0 Å². The van der Waals surface area contributed by atoms with Gasteiger partial charge in [-0.05, 0) is 13.8 Å². The maximum absolute atomic E-state index is 12.9. The van der Waals surface area contributed by atoms with Crippen molar-refractivity contribution in [2.45, 2.75) is 13.8 Å². The summed E-state index contributed by atoms with van der Waals surface area (Å²) in [4.78, 5) is 0. The van der Waals surface area contributed by atoms with E-state index < -0.39 is 19.7 Å². The molecule has 0 aliphatic carbocycles. The van der Waals surface area contributed by atoms with Crippen LogP contribution >= 0.6 is 7.82 Å². The fraction of sp³-hybridized carbons (Fsp3) is 0.333. The van der Waals surface area contributed by atoms with Crippen LogP contribution in [0.15, 0.2) is 36.4 Å². The van der Waals surface area contributed by atoms with Crippen LogP contribution in [-0.4, -0.2) is 13.2 Å². The summed E-state index contributed by atoms with van der Waals surface area (Å²) in [6, 6.07) is 7.62. The topological polar surface area (TPSA) is 44.8 Å². The van der Waals surface area contributed by atoms with E-state index in [1.54, 1.807) is 32.0 Å². The van der Waals surface area contributed by atoms with E-state index in [0.717, 1.165) is 0 Å². The van der Waals surface area contributed by atoms with Gasteiger partial charge in [0, 0.05) is 5.56 Å². The Hall–Kier alpha value is -1.23. The van der Waals surface area contributed by atoms with E-state index in [-0.39, 0.29) is 18.8 Å². The molecule has 0 atom stereocenters. The number of hydrogen-bond donors (Lipinski definition) is 0. The standard InChI is InChI=1S/C12H15F2O4P/c1-3-16-19(15,17-4-2)18-11(12(13)14)10-8-6-5-7-9-10/h5-9H,3-4H2,1-2H3. The van der Waals surface area contributed by atoms with Gasteiger partial charge in [-0.15, -0.1) is 0 Å². The van der Waals surface area contributed by atoms with Gasteiger partial charge in [-0.2, -0.15) is 8.78 Å². The molecular formula is C12H15F2O4P. The molecule has 0 saturated heterocycles. The second-order valence-electron chi connectivity index (χ2n) is 3.33. The fourth-order valence-electron chi connectivity index (χ4n) is 1.30. The quantitative estimate of drug-likeness (QED) is 0.550. The average Bonchev–Trinajstić information content (AvgIpc) is 2.37. The summed E-state index contributed by atoms with van der Waals surface area (Å²) in [6.45, 7) is 3.17. The fourth-order valence-corrected chi connectivity index (χ4v) is 2.51. The molecule has 0 aliphatic heterocycles. The first-order valence-electron chi connectivity index (χ1n) is 5.71.